The van der Waals surface area contributed by atoms with E-state index in [-0.39, 0.29) is 10.8 Å². The summed E-state index contributed by atoms with van der Waals surface area (Å²) in [6.45, 7) is 12.5. The van der Waals surface area contributed by atoms with Crippen molar-refractivity contribution < 1.29 is 8.42 Å². The van der Waals surface area contributed by atoms with Crippen LogP contribution in [-0.2, 0) is 21.9 Å². The van der Waals surface area contributed by atoms with E-state index in [2.05, 4.69) is 69.5 Å². The van der Waals surface area contributed by atoms with Crippen LogP contribution in [0.5, 0.6) is 0 Å². The fourth-order valence-electron chi connectivity index (χ4n) is 5.36. The zero-order chi connectivity index (χ0) is 24.2. The maximum absolute atomic E-state index is 13.7. The third kappa shape index (κ3) is 4.43. The van der Waals surface area contributed by atoms with Gasteiger partial charge < -0.3 is 4.90 Å². The molecule has 7 heteroatoms. The number of aromatic nitrogens is 2. The van der Waals surface area contributed by atoms with Crippen molar-refractivity contribution in [1.82, 2.24) is 19.0 Å². The quantitative estimate of drug-likeness (QED) is 0.652. The van der Waals surface area contributed by atoms with E-state index in [9.17, 15) is 8.42 Å². The molecule has 2 aliphatic rings. The molecule has 6 nitrogen and oxygen atoms in total. The lowest BCUT2D eigenvalue weighted by Gasteiger charge is -2.47. The van der Waals surface area contributed by atoms with Crippen LogP contribution in [0.2, 0.25) is 0 Å². The summed E-state index contributed by atoms with van der Waals surface area (Å²) in [5, 5.41) is 4.64. The van der Waals surface area contributed by atoms with Gasteiger partial charge in [-0.25, -0.2) is 8.42 Å². The second-order valence-corrected chi connectivity index (χ2v) is 13.3. The topological polar surface area (TPSA) is 58.4 Å². The average molecular weight is 471 g/mol. The molecule has 2 heterocycles. The highest BCUT2D eigenvalue weighted by Gasteiger charge is 2.46. The number of piperidine rings is 1. The fourth-order valence-corrected chi connectivity index (χ4v) is 6.89. The van der Waals surface area contributed by atoms with Gasteiger partial charge in [0, 0.05) is 31.1 Å². The molecule has 180 valence electrons. The zero-order valence-corrected chi connectivity index (χ0v) is 21.9. The molecule has 1 aromatic carbocycles. The van der Waals surface area contributed by atoms with Gasteiger partial charge in [-0.1, -0.05) is 38.5 Å². The second-order valence-electron chi connectivity index (χ2n) is 11.3. The molecular formula is C26H38N4O2S. The molecule has 0 bridgehead atoms. The monoisotopic (exact) mass is 470 g/mol. The first-order chi connectivity index (χ1) is 15.3. The molecule has 1 aliphatic heterocycles. The Morgan fingerprint density at radius 1 is 1.15 bits per heavy atom. The van der Waals surface area contributed by atoms with Crippen LogP contribution in [0.1, 0.15) is 63.9 Å². The Labute approximate surface area is 199 Å². The highest BCUT2D eigenvalue weighted by atomic mass is 32.2. The minimum atomic E-state index is -3.57. The molecule has 0 spiro atoms. The summed E-state index contributed by atoms with van der Waals surface area (Å²) in [4.78, 5) is 2.56. The van der Waals surface area contributed by atoms with E-state index in [0.717, 1.165) is 24.9 Å². The van der Waals surface area contributed by atoms with E-state index in [0.29, 0.717) is 24.0 Å². The average Bonchev–Trinajstić information content (AvgIpc) is 3.12. The predicted molar refractivity (Wildman–Crippen MR) is 134 cm³/mol. The normalized spacial score (nSPS) is 21.8. The van der Waals surface area contributed by atoms with E-state index in [1.54, 1.807) is 16.4 Å². The Bertz CT molecular complexity index is 1150. The number of hydrogen-bond acceptors (Lipinski definition) is 4. The molecule has 0 saturated carbocycles. The molecule has 1 unspecified atom stereocenters. The number of hydrogen-bond donors (Lipinski definition) is 0. The SMILES string of the molecule is CC(C)n1ncc2c1C=C1CCN(S(=O)(=O)c3ccc(C(C)(C)C)cc3)CC1(CN(C)C)C2. The summed E-state index contributed by atoms with van der Waals surface area (Å²) in [5.74, 6) is 0. The lowest BCUT2D eigenvalue weighted by atomic mass is 9.68. The molecule has 2 aromatic rings. The molecule has 4 rings (SSSR count). The summed E-state index contributed by atoms with van der Waals surface area (Å²) >= 11 is 0. The Morgan fingerprint density at radius 3 is 2.39 bits per heavy atom. The first-order valence-corrected chi connectivity index (χ1v) is 13.3. The first kappa shape index (κ1) is 24.2. The maximum Gasteiger partial charge on any atom is 0.243 e. The summed E-state index contributed by atoms with van der Waals surface area (Å²) in [7, 11) is 0.568. The lowest BCUT2D eigenvalue weighted by Crippen LogP contribution is -2.53. The molecule has 33 heavy (non-hydrogen) atoms. The molecule has 0 radical (unpaired) electrons. The summed E-state index contributed by atoms with van der Waals surface area (Å²) in [5.41, 5.74) is 4.63. The van der Waals surface area contributed by atoms with Crippen molar-refractivity contribution in [1.29, 1.82) is 0 Å². The van der Waals surface area contributed by atoms with Crippen LogP contribution >= 0.6 is 0 Å². The van der Waals surface area contributed by atoms with Crippen molar-refractivity contribution >= 4 is 16.1 Å². The Morgan fingerprint density at radius 2 is 1.82 bits per heavy atom. The Hall–Kier alpha value is -1.96. The van der Waals surface area contributed by atoms with Crippen LogP contribution in [0.4, 0.5) is 0 Å². The second kappa shape index (κ2) is 8.36. The lowest BCUT2D eigenvalue weighted by molar-refractivity contribution is 0.161. The molecule has 0 amide bonds. The molecular weight excluding hydrogens is 432 g/mol. The van der Waals surface area contributed by atoms with Gasteiger partial charge in [-0.05, 0) is 75.5 Å². The fraction of sp³-hybridized carbons (Fsp3) is 0.577. The highest BCUT2D eigenvalue weighted by Crippen LogP contribution is 2.45. The largest absolute Gasteiger partial charge is 0.308 e. The number of sulfonamides is 1. The van der Waals surface area contributed by atoms with E-state index >= 15 is 0 Å². The molecule has 1 saturated heterocycles. The van der Waals surface area contributed by atoms with Gasteiger partial charge in [0.15, 0.2) is 0 Å². The van der Waals surface area contributed by atoms with Crippen molar-refractivity contribution in [2.45, 2.75) is 63.8 Å². The van der Waals surface area contributed by atoms with E-state index in [1.807, 2.05) is 18.3 Å². The van der Waals surface area contributed by atoms with Crippen LogP contribution in [0.3, 0.4) is 0 Å². The Kier molecular flexibility index (Phi) is 6.13. The third-order valence-electron chi connectivity index (χ3n) is 7.01. The minimum absolute atomic E-state index is 0.0108. The van der Waals surface area contributed by atoms with E-state index in [1.165, 1.54) is 16.8 Å². The standard InChI is InChI=1S/C26H38N4O2S/c1-19(2)30-24-14-22-12-13-29(18-26(22,17-28(6)7)15-20(24)16-27-30)33(31,32)23-10-8-21(9-11-23)25(3,4)5/h8-11,14,16,19H,12-13,15,17-18H2,1-7H3. The van der Waals surface area contributed by atoms with Gasteiger partial charge >= 0.3 is 0 Å². The van der Waals surface area contributed by atoms with Crippen molar-refractivity contribution in [2.75, 3.05) is 33.7 Å². The van der Waals surface area contributed by atoms with Crippen LogP contribution in [0.15, 0.2) is 40.9 Å². The highest BCUT2D eigenvalue weighted by molar-refractivity contribution is 7.89. The molecule has 1 aromatic heterocycles. The Balaban J connectivity index is 1.68. The van der Waals surface area contributed by atoms with Gasteiger partial charge in [-0.2, -0.15) is 9.40 Å². The predicted octanol–water partition coefficient (Wildman–Crippen LogP) is 4.34. The van der Waals surface area contributed by atoms with Gasteiger partial charge in [0.2, 0.25) is 10.0 Å². The van der Waals surface area contributed by atoms with Gasteiger partial charge in [-0.15, -0.1) is 0 Å². The minimum Gasteiger partial charge on any atom is -0.308 e. The maximum atomic E-state index is 13.7. The molecule has 1 aliphatic carbocycles. The number of nitrogens with zero attached hydrogens (tertiary/aromatic N) is 4. The molecule has 0 N–H and O–H groups in total. The van der Waals surface area contributed by atoms with Gasteiger partial charge in [-0.3, -0.25) is 4.68 Å². The first-order valence-electron chi connectivity index (χ1n) is 11.9. The van der Waals surface area contributed by atoms with Crippen molar-refractivity contribution in [3.05, 3.63) is 52.9 Å². The zero-order valence-electron chi connectivity index (χ0n) is 21.1. The smallest absolute Gasteiger partial charge is 0.243 e. The van der Waals surface area contributed by atoms with Gasteiger partial charge in [0.1, 0.15) is 0 Å². The van der Waals surface area contributed by atoms with Crippen LogP contribution in [-0.4, -0.2) is 61.1 Å². The van der Waals surface area contributed by atoms with Crippen LogP contribution in [0, 0.1) is 5.41 Å². The van der Waals surface area contributed by atoms with Crippen molar-refractivity contribution in [2.24, 2.45) is 5.41 Å². The number of benzene rings is 1. The summed E-state index contributed by atoms with van der Waals surface area (Å²) in [6.07, 6.45) is 5.82. The summed E-state index contributed by atoms with van der Waals surface area (Å²) < 4.78 is 31.1. The number of fused-ring (bicyclic) bond motifs is 2. The van der Waals surface area contributed by atoms with Gasteiger partial charge in [0.05, 0.1) is 16.8 Å². The molecule has 1 fully saturated rings. The number of rotatable bonds is 5. The van der Waals surface area contributed by atoms with E-state index in [4.69, 9.17) is 0 Å². The van der Waals surface area contributed by atoms with Crippen molar-refractivity contribution in [3.63, 3.8) is 0 Å². The van der Waals surface area contributed by atoms with Crippen LogP contribution in [0.25, 0.3) is 6.08 Å². The van der Waals surface area contributed by atoms with E-state index < -0.39 is 10.0 Å². The summed E-state index contributed by atoms with van der Waals surface area (Å²) in [6, 6.07) is 7.73. The van der Waals surface area contributed by atoms with Gasteiger partial charge in [0.25, 0.3) is 0 Å². The molecule has 1 atom stereocenters. The third-order valence-corrected chi connectivity index (χ3v) is 8.87. The van der Waals surface area contributed by atoms with Crippen LogP contribution < -0.4 is 0 Å². The van der Waals surface area contributed by atoms with Crippen molar-refractivity contribution in [3.8, 4) is 0 Å².